The lowest BCUT2D eigenvalue weighted by atomic mass is 9.98. The highest BCUT2D eigenvalue weighted by Gasteiger charge is 2.21. The van der Waals surface area contributed by atoms with Crippen molar-refractivity contribution >= 4 is 11.7 Å². The lowest BCUT2D eigenvalue weighted by Crippen LogP contribution is -2.37. The minimum Gasteiger partial charge on any atom is -0.364 e. The molecule has 0 spiro atoms. The molecule has 2 aromatic rings. The second kappa shape index (κ2) is 7.90. The molecule has 1 unspecified atom stereocenters. The zero-order valence-electron chi connectivity index (χ0n) is 16.2. The van der Waals surface area contributed by atoms with E-state index in [0.29, 0.717) is 5.56 Å². The number of rotatable bonds is 4. The van der Waals surface area contributed by atoms with Gasteiger partial charge < -0.3 is 10.2 Å². The second-order valence-electron chi connectivity index (χ2n) is 7.56. The maximum Gasteiger partial charge on any atom is 0.255 e. The molecule has 1 amide bonds. The molecular formula is C22H29N3O. The quantitative estimate of drug-likeness (QED) is 0.865. The molecule has 0 bridgehead atoms. The minimum atomic E-state index is 0.0959. The van der Waals surface area contributed by atoms with Crippen LogP contribution < -0.4 is 5.32 Å². The van der Waals surface area contributed by atoms with Gasteiger partial charge in [-0.1, -0.05) is 25.1 Å². The van der Waals surface area contributed by atoms with Gasteiger partial charge in [0.15, 0.2) is 0 Å². The summed E-state index contributed by atoms with van der Waals surface area (Å²) in [6, 6.07) is 10.3. The van der Waals surface area contributed by atoms with Crippen molar-refractivity contribution in [3.63, 3.8) is 0 Å². The molecule has 0 radical (unpaired) electrons. The summed E-state index contributed by atoms with van der Waals surface area (Å²) in [5.41, 5.74) is 4.54. The Bertz CT molecular complexity index is 761. The van der Waals surface area contributed by atoms with E-state index < -0.39 is 0 Å². The van der Waals surface area contributed by atoms with Crippen molar-refractivity contribution < 1.29 is 4.79 Å². The number of anilines is 1. The first-order valence-electron chi connectivity index (χ1n) is 9.53. The van der Waals surface area contributed by atoms with Gasteiger partial charge in [0, 0.05) is 19.3 Å². The van der Waals surface area contributed by atoms with E-state index in [2.05, 4.69) is 56.2 Å². The highest BCUT2D eigenvalue weighted by molar-refractivity contribution is 5.94. The topological polar surface area (TPSA) is 45.2 Å². The number of carbonyl (C=O) groups is 1. The number of piperidine rings is 1. The van der Waals surface area contributed by atoms with Gasteiger partial charge in [0.25, 0.3) is 5.91 Å². The molecule has 1 aliphatic rings. The fourth-order valence-corrected chi connectivity index (χ4v) is 3.54. The molecule has 138 valence electrons. The maximum absolute atomic E-state index is 12.6. The zero-order chi connectivity index (χ0) is 18.7. The van der Waals surface area contributed by atoms with Crippen LogP contribution in [0.4, 0.5) is 5.82 Å². The van der Waals surface area contributed by atoms with Crippen LogP contribution in [0.25, 0.3) is 0 Å². The number of pyridine rings is 1. The van der Waals surface area contributed by atoms with Gasteiger partial charge in [0.2, 0.25) is 0 Å². The Balaban J connectivity index is 1.66. The summed E-state index contributed by atoms with van der Waals surface area (Å²) in [5.74, 6) is 1.61. The second-order valence-corrected chi connectivity index (χ2v) is 7.56. The molecule has 1 saturated heterocycles. The molecule has 0 saturated carbocycles. The molecule has 26 heavy (non-hydrogen) atoms. The molecule has 4 heteroatoms. The first kappa shape index (κ1) is 18.4. The first-order valence-corrected chi connectivity index (χ1v) is 9.53. The molecule has 1 N–H and O–H groups in total. The van der Waals surface area contributed by atoms with Crippen LogP contribution in [0.15, 0.2) is 36.5 Å². The van der Waals surface area contributed by atoms with Crippen molar-refractivity contribution in [1.82, 2.24) is 9.88 Å². The van der Waals surface area contributed by atoms with Crippen LogP contribution in [0.3, 0.4) is 0 Å². The molecule has 1 atom stereocenters. The van der Waals surface area contributed by atoms with Gasteiger partial charge in [-0.2, -0.15) is 0 Å². The summed E-state index contributed by atoms with van der Waals surface area (Å²) in [7, 11) is 0. The number of aryl methyl sites for hydroxylation is 1. The number of nitrogens with one attached hydrogen (secondary N) is 1. The predicted octanol–water partition coefficient (Wildman–Crippen LogP) is 4.74. The summed E-state index contributed by atoms with van der Waals surface area (Å²) >= 11 is 0. The number of benzene rings is 1. The predicted molar refractivity (Wildman–Crippen MR) is 106 cm³/mol. The number of hydrogen-bond acceptors (Lipinski definition) is 3. The van der Waals surface area contributed by atoms with Crippen LogP contribution in [-0.2, 0) is 0 Å². The number of carbonyl (C=O) groups excluding carboxylic acids is 1. The Hall–Kier alpha value is -2.36. The molecule has 1 aromatic carbocycles. The molecule has 1 fully saturated rings. The number of amides is 1. The Morgan fingerprint density at radius 1 is 1.19 bits per heavy atom. The molecule has 1 aromatic heterocycles. The maximum atomic E-state index is 12.6. The van der Waals surface area contributed by atoms with Gasteiger partial charge in [-0.15, -0.1) is 0 Å². The summed E-state index contributed by atoms with van der Waals surface area (Å²) in [6.45, 7) is 10.4. The fourth-order valence-electron chi connectivity index (χ4n) is 3.54. The van der Waals surface area contributed by atoms with E-state index in [1.54, 1.807) is 6.20 Å². The van der Waals surface area contributed by atoms with Crippen molar-refractivity contribution in [2.45, 2.75) is 46.6 Å². The van der Waals surface area contributed by atoms with E-state index >= 15 is 0 Å². The molecule has 0 aliphatic carbocycles. The zero-order valence-corrected chi connectivity index (χ0v) is 16.2. The van der Waals surface area contributed by atoms with Gasteiger partial charge in [-0.25, -0.2) is 4.98 Å². The van der Waals surface area contributed by atoms with E-state index in [4.69, 9.17) is 0 Å². The van der Waals surface area contributed by atoms with E-state index in [0.717, 1.165) is 37.7 Å². The summed E-state index contributed by atoms with van der Waals surface area (Å²) in [5, 5.41) is 3.44. The largest absolute Gasteiger partial charge is 0.364 e. The SMILES string of the molecule is Cc1cccc(C(C)Nc2ccc(C(=O)N3CCC(C)CC3)cn2)c1C. The molecule has 4 nitrogen and oxygen atoms in total. The number of aromatic nitrogens is 1. The van der Waals surface area contributed by atoms with Crippen LogP contribution in [-0.4, -0.2) is 28.9 Å². The van der Waals surface area contributed by atoms with E-state index in [1.165, 1.54) is 16.7 Å². The van der Waals surface area contributed by atoms with Crippen molar-refractivity contribution in [3.8, 4) is 0 Å². The molecule has 3 rings (SSSR count). The highest BCUT2D eigenvalue weighted by Crippen LogP contribution is 2.24. The standard InChI is InChI=1S/C22H29N3O/c1-15-10-12-25(13-11-15)22(26)19-8-9-21(23-14-19)24-18(4)20-7-5-6-16(2)17(20)3/h5-9,14-15,18H,10-13H2,1-4H3,(H,23,24). The van der Waals surface area contributed by atoms with E-state index in [1.807, 2.05) is 17.0 Å². The van der Waals surface area contributed by atoms with Crippen molar-refractivity contribution in [1.29, 1.82) is 0 Å². The van der Waals surface area contributed by atoms with Crippen LogP contribution in [0.1, 0.15) is 59.8 Å². The molecular weight excluding hydrogens is 322 g/mol. The van der Waals surface area contributed by atoms with Crippen LogP contribution in [0.2, 0.25) is 0 Å². The fraction of sp³-hybridized carbons (Fsp3) is 0.455. The average molecular weight is 351 g/mol. The van der Waals surface area contributed by atoms with Gasteiger partial charge >= 0.3 is 0 Å². The van der Waals surface area contributed by atoms with Gasteiger partial charge in [0.1, 0.15) is 5.82 Å². The van der Waals surface area contributed by atoms with Gasteiger partial charge in [-0.05, 0) is 68.4 Å². The Kier molecular flexibility index (Phi) is 5.60. The third-order valence-electron chi connectivity index (χ3n) is 5.56. The third-order valence-corrected chi connectivity index (χ3v) is 5.56. The Labute approximate surface area is 156 Å². The number of likely N-dealkylation sites (tertiary alicyclic amines) is 1. The van der Waals surface area contributed by atoms with Crippen molar-refractivity contribution in [2.24, 2.45) is 5.92 Å². The average Bonchev–Trinajstić information content (AvgIpc) is 2.64. The summed E-state index contributed by atoms with van der Waals surface area (Å²) in [4.78, 5) is 19.0. The normalized spacial score (nSPS) is 16.4. The van der Waals surface area contributed by atoms with Crippen LogP contribution >= 0.6 is 0 Å². The van der Waals surface area contributed by atoms with E-state index in [-0.39, 0.29) is 11.9 Å². The van der Waals surface area contributed by atoms with Crippen molar-refractivity contribution in [3.05, 3.63) is 58.8 Å². The minimum absolute atomic E-state index is 0.0959. The first-order chi connectivity index (χ1) is 12.5. The van der Waals surface area contributed by atoms with E-state index in [9.17, 15) is 4.79 Å². The Morgan fingerprint density at radius 2 is 1.92 bits per heavy atom. The van der Waals surface area contributed by atoms with Crippen LogP contribution in [0, 0.1) is 19.8 Å². The van der Waals surface area contributed by atoms with Crippen LogP contribution in [0.5, 0.6) is 0 Å². The summed E-state index contributed by atoms with van der Waals surface area (Å²) < 4.78 is 0. The molecule has 2 heterocycles. The smallest absolute Gasteiger partial charge is 0.255 e. The number of hydrogen-bond donors (Lipinski definition) is 1. The summed E-state index contributed by atoms with van der Waals surface area (Å²) in [6.07, 6.45) is 3.87. The number of nitrogens with zero attached hydrogens (tertiary/aromatic N) is 2. The monoisotopic (exact) mass is 351 g/mol. The lowest BCUT2D eigenvalue weighted by Gasteiger charge is -2.30. The third kappa shape index (κ3) is 4.06. The van der Waals surface area contributed by atoms with Gasteiger partial charge in [-0.3, -0.25) is 4.79 Å². The lowest BCUT2D eigenvalue weighted by molar-refractivity contribution is 0.0697. The highest BCUT2D eigenvalue weighted by atomic mass is 16.2. The Morgan fingerprint density at radius 3 is 2.58 bits per heavy atom. The van der Waals surface area contributed by atoms with Gasteiger partial charge in [0.05, 0.1) is 11.6 Å². The molecule has 1 aliphatic heterocycles. The van der Waals surface area contributed by atoms with Crippen molar-refractivity contribution in [2.75, 3.05) is 18.4 Å².